The summed E-state index contributed by atoms with van der Waals surface area (Å²) in [5, 5.41) is 0. The van der Waals surface area contributed by atoms with Crippen LogP contribution in [0.3, 0.4) is 0 Å². The van der Waals surface area contributed by atoms with E-state index in [2.05, 4.69) is 6.92 Å². The number of nitrogens with zero attached hydrogens (tertiary/aromatic N) is 2. The molecule has 2 fully saturated rings. The lowest BCUT2D eigenvalue weighted by molar-refractivity contribution is -0.142. The Labute approximate surface area is 133 Å². The SMILES string of the molecule is CCCCC(=O)N1CCCC1C(=O)C1CCCN1C(=O)CC. The summed E-state index contributed by atoms with van der Waals surface area (Å²) in [6.07, 6.45) is 6.11. The highest BCUT2D eigenvalue weighted by atomic mass is 16.2. The van der Waals surface area contributed by atoms with Crippen LogP contribution < -0.4 is 0 Å². The Hall–Kier alpha value is -1.39. The van der Waals surface area contributed by atoms with Gasteiger partial charge in [0.2, 0.25) is 11.8 Å². The second-order valence-corrected chi connectivity index (χ2v) is 6.35. The van der Waals surface area contributed by atoms with Gasteiger partial charge in [0.15, 0.2) is 5.78 Å². The van der Waals surface area contributed by atoms with Crippen molar-refractivity contribution in [2.24, 2.45) is 0 Å². The molecule has 2 heterocycles. The fraction of sp³-hybridized carbons (Fsp3) is 0.824. The van der Waals surface area contributed by atoms with Gasteiger partial charge in [0.25, 0.3) is 0 Å². The zero-order chi connectivity index (χ0) is 16.1. The molecule has 2 aliphatic rings. The van der Waals surface area contributed by atoms with Crippen LogP contribution in [0, 0.1) is 0 Å². The van der Waals surface area contributed by atoms with Crippen molar-refractivity contribution in [2.75, 3.05) is 13.1 Å². The van der Waals surface area contributed by atoms with E-state index < -0.39 is 0 Å². The molecule has 2 unspecified atom stereocenters. The molecule has 2 atom stereocenters. The molecule has 2 saturated heterocycles. The summed E-state index contributed by atoms with van der Waals surface area (Å²) >= 11 is 0. The Balaban J connectivity index is 2.04. The molecule has 5 heteroatoms. The quantitative estimate of drug-likeness (QED) is 0.755. The average molecular weight is 308 g/mol. The van der Waals surface area contributed by atoms with Gasteiger partial charge in [-0.05, 0) is 32.1 Å². The Morgan fingerprint density at radius 2 is 1.45 bits per heavy atom. The van der Waals surface area contributed by atoms with E-state index in [1.54, 1.807) is 9.80 Å². The van der Waals surface area contributed by atoms with Gasteiger partial charge in [0.05, 0.1) is 12.1 Å². The molecule has 2 amide bonds. The molecule has 0 aromatic carbocycles. The van der Waals surface area contributed by atoms with Crippen LogP contribution in [0.25, 0.3) is 0 Å². The van der Waals surface area contributed by atoms with Crippen molar-refractivity contribution in [2.45, 2.75) is 77.3 Å². The predicted octanol–water partition coefficient (Wildman–Crippen LogP) is 2.14. The van der Waals surface area contributed by atoms with Gasteiger partial charge >= 0.3 is 0 Å². The number of likely N-dealkylation sites (tertiary alicyclic amines) is 2. The number of rotatable bonds is 6. The third kappa shape index (κ3) is 3.50. The predicted molar refractivity (Wildman–Crippen MR) is 84.3 cm³/mol. The molecule has 0 spiro atoms. The molecular formula is C17H28N2O3. The first-order valence-electron chi connectivity index (χ1n) is 8.72. The van der Waals surface area contributed by atoms with E-state index >= 15 is 0 Å². The molecule has 0 aromatic rings. The van der Waals surface area contributed by atoms with E-state index in [0.717, 1.165) is 38.5 Å². The van der Waals surface area contributed by atoms with Gasteiger partial charge in [-0.25, -0.2) is 0 Å². The van der Waals surface area contributed by atoms with E-state index in [-0.39, 0.29) is 29.7 Å². The van der Waals surface area contributed by atoms with E-state index in [1.807, 2.05) is 6.92 Å². The van der Waals surface area contributed by atoms with Crippen molar-refractivity contribution in [3.8, 4) is 0 Å². The number of carbonyl (C=O) groups is 3. The Morgan fingerprint density at radius 1 is 0.909 bits per heavy atom. The number of unbranched alkanes of at least 4 members (excludes halogenated alkanes) is 1. The highest BCUT2D eigenvalue weighted by Crippen LogP contribution is 2.27. The molecule has 0 aromatic heterocycles. The standard InChI is InChI=1S/C17H28N2O3/c1-3-5-10-16(21)19-12-7-9-14(19)17(22)13-8-6-11-18(13)15(20)4-2/h13-14H,3-12H2,1-2H3. The highest BCUT2D eigenvalue weighted by Gasteiger charge is 2.41. The van der Waals surface area contributed by atoms with Crippen LogP contribution in [0.4, 0.5) is 0 Å². The maximum absolute atomic E-state index is 12.9. The van der Waals surface area contributed by atoms with E-state index in [9.17, 15) is 14.4 Å². The number of hydrogen-bond donors (Lipinski definition) is 0. The van der Waals surface area contributed by atoms with Crippen LogP contribution in [-0.2, 0) is 14.4 Å². The molecular weight excluding hydrogens is 280 g/mol. The summed E-state index contributed by atoms with van der Waals surface area (Å²) in [6.45, 7) is 5.26. The van der Waals surface area contributed by atoms with Crippen molar-refractivity contribution in [3.63, 3.8) is 0 Å². The number of amides is 2. The molecule has 0 aliphatic carbocycles. The van der Waals surface area contributed by atoms with Crippen molar-refractivity contribution in [1.29, 1.82) is 0 Å². The third-order valence-corrected chi connectivity index (χ3v) is 4.85. The van der Waals surface area contributed by atoms with Crippen LogP contribution in [0.15, 0.2) is 0 Å². The second-order valence-electron chi connectivity index (χ2n) is 6.35. The van der Waals surface area contributed by atoms with Crippen molar-refractivity contribution in [1.82, 2.24) is 9.80 Å². The fourth-order valence-corrected chi connectivity index (χ4v) is 3.62. The van der Waals surface area contributed by atoms with Gasteiger partial charge in [0, 0.05) is 25.9 Å². The average Bonchev–Trinajstić information content (AvgIpc) is 3.19. The zero-order valence-electron chi connectivity index (χ0n) is 13.8. The minimum absolute atomic E-state index is 0.0534. The molecule has 0 N–H and O–H groups in total. The van der Waals surface area contributed by atoms with E-state index in [4.69, 9.17) is 0 Å². The summed E-state index contributed by atoms with van der Waals surface area (Å²) in [6, 6.07) is -0.614. The lowest BCUT2D eigenvalue weighted by atomic mass is 10.0. The number of carbonyl (C=O) groups excluding carboxylic acids is 3. The fourth-order valence-electron chi connectivity index (χ4n) is 3.62. The highest BCUT2D eigenvalue weighted by molar-refractivity contribution is 5.95. The molecule has 5 nitrogen and oxygen atoms in total. The number of Topliss-reactive ketones (excluding diaryl/α,β-unsaturated/α-hetero) is 1. The van der Waals surface area contributed by atoms with Crippen LogP contribution in [0.2, 0.25) is 0 Å². The van der Waals surface area contributed by atoms with E-state index in [1.165, 1.54) is 0 Å². The Kier molecular flexibility index (Phi) is 5.98. The summed E-state index contributed by atoms with van der Waals surface area (Å²) in [7, 11) is 0. The van der Waals surface area contributed by atoms with Crippen molar-refractivity contribution >= 4 is 17.6 Å². The van der Waals surface area contributed by atoms with Gasteiger partial charge in [-0.1, -0.05) is 20.3 Å². The third-order valence-electron chi connectivity index (χ3n) is 4.85. The number of ketones is 1. The van der Waals surface area contributed by atoms with Crippen LogP contribution in [-0.4, -0.2) is 52.6 Å². The molecule has 0 bridgehead atoms. The van der Waals surface area contributed by atoms with Crippen LogP contribution in [0.1, 0.15) is 65.2 Å². The van der Waals surface area contributed by atoms with Gasteiger partial charge in [-0.2, -0.15) is 0 Å². The van der Waals surface area contributed by atoms with Crippen molar-refractivity contribution in [3.05, 3.63) is 0 Å². The van der Waals surface area contributed by atoms with Crippen LogP contribution in [0.5, 0.6) is 0 Å². The smallest absolute Gasteiger partial charge is 0.223 e. The summed E-state index contributed by atoms with van der Waals surface area (Å²) in [5.41, 5.74) is 0. The normalized spacial score (nSPS) is 24.8. The molecule has 22 heavy (non-hydrogen) atoms. The Morgan fingerprint density at radius 3 is 1.95 bits per heavy atom. The molecule has 0 radical (unpaired) electrons. The Bertz CT molecular complexity index is 436. The van der Waals surface area contributed by atoms with Gasteiger partial charge in [-0.3, -0.25) is 14.4 Å². The van der Waals surface area contributed by atoms with Crippen molar-refractivity contribution < 1.29 is 14.4 Å². The van der Waals surface area contributed by atoms with Gasteiger partial charge in [-0.15, -0.1) is 0 Å². The molecule has 2 aliphatic heterocycles. The topological polar surface area (TPSA) is 57.7 Å². The molecule has 2 rings (SSSR count). The maximum atomic E-state index is 12.9. The lowest BCUT2D eigenvalue weighted by Crippen LogP contribution is -2.49. The first kappa shape index (κ1) is 17.0. The second kappa shape index (κ2) is 7.75. The van der Waals surface area contributed by atoms with Crippen LogP contribution >= 0.6 is 0 Å². The first-order valence-corrected chi connectivity index (χ1v) is 8.72. The summed E-state index contributed by atoms with van der Waals surface area (Å²) < 4.78 is 0. The monoisotopic (exact) mass is 308 g/mol. The van der Waals surface area contributed by atoms with Gasteiger partial charge in [0.1, 0.15) is 0 Å². The largest absolute Gasteiger partial charge is 0.333 e. The molecule has 124 valence electrons. The minimum atomic E-state index is -0.308. The summed E-state index contributed by atoms with van der Waals surface area (Å²) in [4.78, 5) is 40.7. The maximum Gasteiger partial charge on any atom is 0.223 e. The first-order chi connectivity index (χ1) is 10.6. The van der Waals surface area contributed by atoms with E-state index in [0.29, 0.717) is 25.9 Å². The summed E-state index contributed by atoms with van der Waals surface area (Å²) in [5.74, 6) is 0.239. The number of hydrogen-bond acceptors (Lipinski definition) is 3. The van der Waals surface area contributed by atoms with Gasteiger partial charge < -0.3 is 9.80 Å². The molecule has 0 saturated carbocycles. The zero-order valence-corrected chi connectivity index (χ0v) is 13.8. The minimum Gasteiger partial charge on any atom is -0.333 e. The lowest BCUT2D eigenvalue weighted by Gasteiger charge is -2.30.